The van der Waals surface area contributed by atoms with E-state index in [4.69, 9.17) is 4.74 Å². The summed E-state index contributed by atoms with van der Waals surface area (Å²) in [6.45, 7) is 6.54. The van der Waals surface area contributed by atoms with Crippen molar-refractivity contribution in [3.8, 4) is 5.75 Å². The summed E-state index contributed by atoms with van der Waals surface area (Å²) in [7, 11) is 1.66. The zero-order chi connectivity index (χ0) is 11.9. The molecular weight excluding hydrogens is 200 g/mol. The van der Waals surface area contributed by atoms with E-state index < -0.39 is 0 Å². The van der Waals surface area contributed by atoms with Gasteiger partial charge in [0.2, 0.25) is 0 Å². The zero-order valence-electron chi connectivity index (χ0n) is 10.3. The molecule has 0 aliphatic heterocycles. The van der Waals surface area contributed by atoms with Crippen LogP contribution in [0.1, 0.15) is 49.0 Å². The maximum atomic E-state index is 11.9. The highest BCUT2D eigenvalue weighted by molar-refractivity contribution is 6.01. The van der Waals surface area contributed by atoms with Crippen molar-refractivity contribution < 1.29 is 9.53 Å². The van der Waals surface area contributed by atoms with Crippen LogP contribution >= 0.6 is 0 Å². The second-order valence-corrected chi connectivity index (χ2v) is 5.50. The van der Waals surface area contributed by atoms with Gasteiger partial charge < -0.3 is 4.74 Å². The molecule has 0 saturated carbocycles. The highest BCUT2D eigenvalue weighted by Gasteiger charge is 2.36. The van der Waals surface area contributed by atoms with Crippen molar-refractivity contribution in [1.29, 1.82) is 0 Å². The molecule has 2 rings (SSSR count). The zero-order valence-corrected chi connectivity index (χ0v) is 10.3. The van der Waals surface area contributed by atoms with Crippen molar-refractivity contribution in [3.63, 3.8) is 0 Å². The molecule has 1 atom stereocenters. The first-order valence-corrected chi connectivity index (χ1v) is 5.64. The van der Waals surface area contributed by atoms with Crippen molar-refractivity contribution in [2.24, 2.45) is 5.41 Å². The first kappa shape index (κ1) is 11.2. The van der Waals surface area contributed by atoms with Crippen molar-refractivity contribution in [1.82, 2.24) is 0 Å². The van der Waals surface area contributed by atoms with Crippen LogP contribution in [0.2, 0.25) is 0 Å². The molecule has 0 N–H and O–H groups in total. The minimum absolute atomic E-state index is 0.118. The summed E-state index contributed by atoms with van der Waals surface area (Å²) < 4.78 is 5.22. The van der Waals surface area contributed by atoms with Gasteiger partial charge in [-0.1, -0.05) is 20.8 Å². The average Bonchev–Trinajstić information content (AvgIpc) is 2.55. The number of ketones is 1. The maximum absolute atomic E-state index is 11.9. The molecule has 0 amide bonds. The Labute approximate surface area is 96.6 Å². The van der Waals surface area contributed by atoms with Gasteiger partial charge in [0, 0.05) is 12.0 Å². The lowest BCUT2D eigenvalue weighted by Gasteiger charge is -2.27. The van der Waals surface area contributed by atoms with Gasteiger partial charge in [-0.2, -0.15) is 0 Å². The van der Waals surface area contributed by atoms with Crippen molar-refractivity contribution >= 4 is 5.78 Å². The van der Waals surface area contributed by atoms with Gasteiger partial charge in [0.1, 0.15) is 5.75 Å². The van der Waals surface area contributed by atoms with Gasteiger partial charge in [-0.3, -0.25) is 4.79 Å². The molecule has 1 aliphatic rings. The van der Waals surface area contributed by atoms with Crippen LogP contribution in [0.15, 0.2) is 18.2 Å². The van der Waals surface area contributed by atoms with Crippen LogP contribution in [0, 0.1) is 5.41 Å². The molecule has 1 unspecified atom stereocenters. The first-order chi connectivity index (χ1) is 7.43. The van der Waals surface area contributed by atoms with E-state index in [2.05, 4.69) is 20.8 Å². The number of fused-ring (bicyclic) bond motifs is 1. The predicted molar refractivity (Wildman–Crippen MR) is 64.1 cm³/mol. The highest BCUT2D eigenvalue weighted by atomic mass is 16.5. The summed E-state index contributed by atoms with van der Waals surface area (Å²) in [5, 5.41) is 0. The summed E-state index contributed by atoms with van der Waals surface area (Å²) in [6, 6.07) is 5.76. The summed E-state index contributed by atoms with van der Waals surface area (Å²) in [5.41, 5.74) is 2.14. The van der Waals surface area contributed by atoms with Crippen molar-refractivity contribution in [2.75, 3.05) is 7.11 Å². The van der Waals surface area contributed by atoms with Crippen molar-refractivity contribution in [3.05, 3.63) is 29.3 Å². The van der Waals surface area contributed by atoms with E-state index >= 15 is 0 Å². The molecule has 0 spiro atoms. The van der Waals surface area contributed by atoms with E-state index in [1.165, 1.54) is 0 Å². The fraction of sp³-hybridized carbons (Fsp3) is 0.500. The fourth-order valence-electron chi connectivity index (χ4n) is 2.39. The smallest absolute Gasteiger partial charge is 0.163 e. The molecule has 0 saturated heterocycles. The lowest BCUT2D eigenvalue weighted by molar-refractivity contribution is 0.0975. The Morgan fingerprint density at radius 3 is 2.56 bits per heavy atom. The van der Waals surface area contributed by atoms with Gasteiger partial charge in [0.05, 0.1) is 7.11 Å². The summed E-state index contributed by atoms with van der Waals surface area (Å²) >= 11 is 0. The Kier molecular flexibility index (Phi) is 2.53. The summed E-state index contributed by atoms with van der Waals surface area (Å²) in [6.07, 6.45) is 0.631. The second-order valence-electron chi connectivity index (χ2n) is 5.50. The van der Waals surface area contributed by atoms with E-state index in [0.717, 1.165) is 16.9 Å². The molecule has 0 aromatic heterocycles. The van der Waals surface area contributed by atoms with Gasteiger partial charge in [-0.25, -0.2) is 0 Å². The van der Waals surface area contributed by atoms with Gasteiger partial charge >= 0.3 is 0 Å². The molecule has 1 aliphatic carbocycles. The van der Waals surface area contributed by atoms with Crippen LogP contribution in [-0.4, -0.2) is 12.9 Å². The Balaban J connectivity index is 2.50. The van der Waals surface area contributed by atoms with E-state index in [0.29, 0.717) is 12.3 Å². The van der Waals surface area contributed by atoms with Crippen LogP contribution < -0.4 is 4.74 Å². The van der Waals surface area contributed by atoms with Crippen LogP contribution in [0.4, 0.5) is 0 Å². The van der Waals surface area contributed by atoms with Gasteiger partial charge in [-0.05, 0) is 35.1 Å². The van der Waals surface area contributed by atoms with E-state index in [1.807, 2.05) is 18.2 Å². The lowest BCUT2D eigenvalue weighted by Crippen LogP contribution is -2.16. The predicted octanol–water partition coefficient (Wildman–Crippen LogP) is 3.41. The fourth-order valence-corrected chi connectivity index (χ4v) is 2.39. The minimum Gasteiger partial charge on any atom is -0.497 e. The third kappa shape index (κ3) is 1.73. The van der Waals surface area contributed by atoms with Crippen LogP contribution in [0.25, 0.3) is 0 Å². The Morgan fingerprint density at radius 1 is 1.31 bits per heavy atom. The SMILES string of the molecule is COc1ccc2c(c1)C(C(C)(C)C)CC2=O. The molecule has 1 aromatic carbocycles. The third-order valence-electron chi connectivity index (χ3n) is 3.37. The lowest BCUT2D eigenvalue weighted by atomic mass is 9.77. The Hall–Kier alpha value is -1.31. The van der Waals surface area contributed by atoms with Crippen LogP contribution in [-0.2, 0) is 0 Å². The molecule has 0 heterocycles. The molecule has 0 bridgehead atoms. The molecule has 2 nitrogen and oxygen atoms in total. The molecule has 1 aromatic rings. The molecule has 2 heteroatoms. The standard InChI is InChI=1S/C14H18O2/c1-14(2,3)12-8-13(15)10-6-5-9(16-4)7-11(10)12/h5-7,12H,8H2,1-4H3. The number of hydrogen-bond acceptors (Lipinski definition) is 2. The van der Waals surface area contributed by atoms with Gasteiger partial charge in [0.15, 0.2) is 5.78 Å². The second kappa shape index (κ2) is 3.62. The first-order valence-electron chi connectivity index (χ1n) is 5.64. The van der Waals surface area contributed by atoms with Crippen LogP contribution in [0.3, 0.4) is 0 Å². The topological polar surface area (TPSA) is 26.3 Å². The highest BCUT2D eigenvalue weighted by Crippen LogP contribution is 2.45. The minimum atomic E-state index is 0.118. The maximum Gasteiger partial charge on any atom is 0.163 e. The van der Waals surface area contributed by atoms with E-state index in [1.54, 1.807) is 7.11 Å². The third-order valence-corrected chi connectivity index (χ3v) is 3.37. The summed E-state index contributed by atoms with van der Waals surface area (Å²) in [4.78, 5) is 11.9. The molecular formula is C14H18O2. The van der Waals surface area contributed by atoms with Crippen molar-refractivity contribution in [2.45, 2.75) is 33.1 Å². The number of Topliss-reactive ketones (excluding diaryl/α,β-unsaturated/α-hetero) is 1. The average molecular weight is 218 g/mol. The normalized spacial score (nSPS) is 19.8. The number of ether oxygens (including phenoxy) is 1. The quantitative estimate of drug-likeness (QED) is 0.722. The number of hydrogen-bond donors (Lipinski definition) is 0. The van der Waals surface area contributed by atoms with Crippen LogP contribution in [0.5, 0.6) is 5.75 Å². The van der Waals surface area contributed by atoms with E-state index in [9.17, 15) is 4.79 Å². The number of benzene rings is 1. The molecule has 0 radical (unpaired) electrons. The largest absolute Gasteiger partial charge is 0.497 e. The van der Waals surface area contributed by atoms with E-state index in [-0.39, 0.29) is 11.2 Å². The Morgan fingerprint density at radius 2 is 2.00 bits per heavy atom. The van der Waals surface area contributed by atoms with Gasteiger partial charge in [-0.15, -0.1) is 0 Å². The Bertz CT molecular complexity index is 427. The summed E-state index contributed by atoms with van der Waals surface area (Å²) in [5.74, 6) is 1.41. The van der Waals surface area contributed by atoms with Gasteiger partial charge in [0.25, 0.3) is 0 Å². The number of carbonyl (C=O) groups is 1. The molecule has 86 valence electrons. The monoisotopic (exact) mass is 218 g/mol. The molecule has 0 fully saturated rings. The molecule has 16 heavy (non-hydrogen) atoms. The number of methoxy groups -OCH3 is 1. The number of carbonyl (C=O) groups excluding carboxylic acids is 1. The number of rotatable bonds is 1.